The monoisotopic (exact) mass is 335 g/mol. The van der Waals surface area contributed by atoms with Gasteiger partial charge in [0.15, 0.2) is 0 Å². The lowest BCUT2D eigenvalue weighted by Gasteiger charge is -2.28. The maximum absolute atomic E-state index is 12.8. The lowest BCUT2D eigenvalue weighted by Crippen LogP contribution is -2.43. The summed E-state index contributed by atoms with van der Waals surface area (Å²) in [6.07, 6.45) is 0. The van der Waals surface area contributed by atoms with Gasteiger partial charge < -0.3 is 4.74 Å². The zero-order chi connectivity index (χ0) is 17.7. The molecule has 4 rings (SSSR count). The van der Waals surface area contributed by atoms with Crippen LogP contribution in [0.1, 0.15) is 48.9 Å². The molecule has 1 saturated heterocycles. The number of rotatable bonds is 2. The minimum absolute atomic E-state index is 0.0165. The first-order valence-corrected chi connectivity index (χ1v) is 8.61. The fraction of sp³-hybridized carbons (Fsp3) is 0.333. The Morgan fingerprint density at radius 1 is 0.920 bits per heavy atom. The number of carbonyl (C=O) groups is 2. The molecule has 2 atom stereocenters. The van der Waals surface area contributed by atoms with Crippen LogP contribution < -0.4 is 0 Å². The maximum Gasteiger partial charge on any atom is 0.261 e. The van der Waals surface area contributed by atoms with E-state index in [0.29, 0.717) is 24.3 Å². The maximum atomic E-state index is 12.8. The molecular weight excluding hydrogens is 314 g/mol. The Morgan fingerprint density at radius 2 is 1.48 bits per heavy atom. The molecule has 0 bridgehead atoms. The third-order valence-electron chi connectivity index (χ3n) is 5.32. The highest BCUT2D eigenvalue weighted by Gasteiger charge is 2.45. The van der Waals surface area contributed by atoms with Crippen molar-refractivity contribution in [3.8, 4) is 0 Å². The van der Waals surface area contributed by atoms with Crippen LogP contribution in [0, 0.1) is 20.8 Å². The van der Waals surface area contributed by atoms with Crippen LogP contribution in [0.3, 0.4) is 0 Å². The minimum atomic E-state index is -0.257. The molecule has 2 aromatic rings. The zero-order valence-corrected chi connectivity index (χ0v) is 14.7. The number of nitrogens with zero attached hydrogens (tertiary/aromatic N) is 1. The van der Waals surface area contributed by atoms with Crippen LogP contribution >= 0.6 is 0 Å². The standard InChI is InChI=1S/C21H21NO3/c1-12-8-13(2)19(14(3)9-12)17-10-25-11-18(17)22-20(23)15-6-4-5-7-16(15)21(22)24/h4-9,17-18H,10-11H2,1-3H3/t17-,18-/m1/s1. The van der Waals surface area contributed by atoms with E-state index in [4.69, 9.17) is 4.74 Å². The van der Waals surface area contributed by atoms with Gasteiger partial charge >= 0.3 is 0 Å². The van der Waals surface area contributed by atoms with Crippen LogP contribution in [0.2, 0.25) is 0 Å². The van der Waals surface area contributed by atoms with Gasteiger partial charge in [-0.15, -0.1) is 0 Å². The first kappa shape index (κ1) is 16.0. The van der Waals surface area contributed by atoms with Crippen LogP contribution in [-0.2, 0) is 4.74 Å². The molecule has 0 saturated carbocycles. The summed E-state index contributed by atoms with van der Waals surface area (Å²) in [6, 6.07) is 11.1. The Morgan fingerprint density at radius 3 is 2.04 bits per heavy atom. The van der Waals surface area contributed by atoms with Crippen molar-refractivity contribution in [1.82, 2.24) is 4.90 Å². The van der Waals surface area contributed by atoms with Gasteiger partial charge in [0.25, 0.3) is 11.8 Å². The summed E-state index contributed by atoms with van der Waals surface area (Å²) in [7, 11) is 0. The second-order valence-corrected chi connectivity index (χ2v) is 7.05. The predicted octanol–water partition coefficient (Wildman–Crippen LogP) is 3.39. The number of benzene rings is 2. The predicted molar refractivity (Wildman–Crippen MR) is 94.9 cm³/mol. The second kappa shape index (κ2) is 5.81. The van der Waals surface area contributed by atoms with Gasteiger partial charge in [-0.1, -0.05) is 29.8 Å². The highest BCUT2D eigenvalue weighted by atomic mass is 16.5. The smallest absolute Gasteiger partial charge is 0.261 e. The van der Waals surface area contributed by atoms with Gasteiger partial charge in [-0.05, 0) is 49.6 Å². The van der Waals surface area contributed by atoms with Crippen LogP contribution in [-0.4, -0.2) is 36.0 Å². The van der Waals surface area contributed by atoms with E-state index in [-0.39, 0.29) is 23.8 Å². The fourth-order valence-electron chi connectivity index (χ4n) is 4.36. The van der Waals surface area contributed by atoms with Crippen molar-refractivity contribution in [1.29, 1.82) is 0 Å². The van der Waals surface area contributed by atoms with E-state index >= 15 is 0 Å². The normalized spacial score (nSPS) is 22.6. The molecule has 2 aliphatic rings. The van der Waals surface area contributed by atoms with E-state index < -0.39 is 0 Å². The average Bonchev–Trinajstić information content (AvgIpc) is 3.11. The van der Waals surface area contributed by atoms with E-state index in [2.05, 4.69) is 32.9 Å². The average molecular weight is 335 g/mol. The van der Waals surface area contributed by atoms with Gasteiger partial charge in [-0.25, -0.2) is 0 Å². The van der Waals surface area contributed by atoms with Crippen molar-refractivity contribution in [2.24, 2.45) is 0 Å². The SMILES string of the molecule is Cc1cc(C)c([C@@H]2COC[C@H]2N2C(=O)c3ccccc3C2=O)c(C)c1. The first-order chi connectivity index (χ1) is 12.0. The number of hydrogen-bond donors (Lipinski definition) is 0. The molecule has 0 radical (unpaired) electrons. The topological polar surface area (TPSA) is 46.6 Å². The quantitative estimate of drug-likeness (QED) is 0.790. The molecule has 128 valence electrons. The van der Waals surface area contributed by atoms with Gasteiger partial charge in [0.2, 0.25) is 0 Å². The molecule has 0 unspecified atom stereocenters. The first-order valence-electron chi connectivity index (χ1n) is 8.61. The molecule has 1 fully saturated rings. The van der Waals surface area contributed by atoms with Crippen molar-refractivity contribution in [3.63, 3.8) is 0 Å². The highest BCUT2D eigenvalue weighted by Crippen LogP contribution is 2.37. The lowest BCUT2D eigenvalue weighted by molar-refractivity contribution is 0.0557. The third-order valence-corrected chi connectivity index (χ3v) is 5.32. The Hall–Kier alpha value is -2.46. The number of fused-ring (bicyclic) bond motifs is 1. The van der Waals surface area contributed by atoms with Crippen molar-refractivity contribution in [2.75, 3.05) is 13.2 Å². The van der Waals surface area contributed by atoms with Gasteiger partial charge in [0, 0.05) is 5.92 Å². The summed E-state index contributed by atoms with van der Waals surface area (Å²) in [5, 5.41) is 0. The number of ether oxygens (including phenoxy) is 1. The van der Waals surface area contributed by atoms with E-state index in [9.17, 15) is 9.59 Å². The molecular formula is C21H21NO3. The van der Waals surface area contributed by atoms with Crippen molar-refractivity contribution >= 4 is 11.8 Å². The Labute approximate surface area is 147 Å². The Balaban J connectivity index is 1.75. The van der Waals surface area contributed by atoms with E-state index in [1.165, 1.54) is 27.2 Å². The number of aryl methyl sites for hydroxylation is 3. The zero-order valence-electron chi connectivity index (χ0n) is 14.7. The molecule has 2 heterocycles. The molecule has 4 heteroatoms. The largest absolute Gasteiger partial charge is 0.379 e. The molecule has 2 aromatic carbocycles. The molecule has 25 heavy (non-hydrogen) atoms. The van der Waals surface area contributed by atoms with Crippen LogP contribution in [0.5, 0.6) is 0 Å². The molecule has 0 aliphatic carbocycles. The fourth-order valence-corrected chi connectivity index (χ4v) is 4.36. The van der Waals surface area contributed by atoms with E-state index in [1.807, 2.05) is 0 Å². The molecule has 0 spiro atoms. The molecule has 2 amide bonds. The Bertz CT molecular complexity index is 828. The summed E-state index contributed by atoms with van der Waals surface area (Å²) in [4.78, 5) is 27.1. The number of carbonyl (C=O) groups excluding carboxylic acids is 2. The lowest BCUT2D eigenvalue weighted by atomic mass is 9.86. The summed E-state index contributed by atoms with van der Waals surface area (Å²) < 4.78 is 5.73. The van der Waals surface area contributed by atoms with E-state index in [1.54, 1.807) is 24.3 Å². The second-order valence-electron chi connectivity index (χ2n) is 7.05. The van der Waals surface area contributed by atoms with Gasteiger partial charge in [-0.2, -0.15) is 0 Å². The van der Waals surface area contributed by atoms with Crippen molar-refractivity contribution in [3.05, 3.63) is 69.8 Å². The molecule has 2 aliphatic heterocycles. The van der Waals surface area contributed by atoms with Gasteiger partial charge in [0.05, 0.1) is 30.4 Å². The van der Waals surface area contributed by atoms with Crippen molar-refractivity contribution < 1.29 is 14.3 Å². The number of amides is 2. The summed E-state index contributed by atoms with van der Waals surface area (Å²) in [5.41, 5.74) is 5.79. The molecule has 0 aromatic heterocycles. The van der Waals surface area contributed by atoms with E-state index in [0.717, 1.165) is 0 Å². The number of imide groups is 1. The Kier molecular flexibility index (Phi) is 3.73. The highest BCUT2D eigenvalue weighted by molar-refractivity contribution is 6.21. The third kappa shape index (κ3) is 2.40. The van der Waals surface area contributed by atoms with Crippen molar-refractivity contribution in [2.45, 2.75) is 32.7 Å². The molecule has 0 N–H and O–H groups in total. The van der Waals surface area contributed by atoms with Crippen LogP contribution in [0.15, 0.2) is 36.4 Å². The molecule has 4 nitrogen and oxygen atoms in total. The number of hydrogen-bond acceptors (Lipinski definition) is 3. The van der Waals surface area contributed by atoms with Crippen LogP contribution in [0.4, 0.5) is 0 Å². The summed E-state index contributed by atoms with van der Waals surface area (Å²) in [5.74, 6) is -0.394. The van der Waals surface area contributed by atoms with Gasteiger partial charge in [0.1, 0.15) is 0 Å². The summed E-state index contributed by atoms with van der Waals surface area (Å²) in [6.45, 7) is 7.18. The van der Waals surface area contributed by atoms with Crippen LogP contribution in [0.25, 0.3) is 0 Å². The van der Waals surface area contributed by atoms with Gasteiger partial charge in [-0.3, -0.25) is 14.5 Å². The summed E-state index contributed by atoms with van der Waals surface area (Å²) >= 11 is 0. The minimum Gasteiger partial charge on any atom is -0.379 e.